The SMILES string of the molecule is Cc1ncc(CN(C(=O)OC(C)(C)C)C2(C)C=CC(C#N)=CC2)c(C=O)c1OCc1cccc(C#N)c1. The number of pyridine rings is 1. The van der Waals surface area contributed by atoms with E-state index in [4.69, 9.17) is 14.7 Å². The van der Waals surface area contributed by atoms with Gasteiger partial charge in [0.05, 0.1) is 41.0 Å². The van der Waals surface area contributed by atoms with E-state index in [0.717, 1.165) is 5.56 Å². The normalized spacial score (nSPS) is 16.7. The molecule has 8 heteroatoms. The molecule has 1 amide bonds. The lowest BCUT2D eigenvalue weighted by Crippen LogP contribution is -2.50. The number of benzene rings is 1. The van der Waals surface area contributed by atoms with Crippen molar-refractivity contribution in [2.75, 3.05) is 0 Å². The van der Waals surface area contributed by atoms with Crippen molar-refractivity contribution in [3.05, 3.63) is 82.2 Å². The van der Waals surface area contributed by atoms with E-state index in [9.17, 15) is 14.9 Å². The minimum absolute atomic E-state index is 0.0348. The van der Waals surface area contributed by atoms with Gasteiger partial charge < -0.3 is 9.47 Å². The van der Waals surface area contributed by atoms with E-state index in [1.54, 1.807) is 75.2 Å². The van der Waals surface area contributed by atoms with Gasteiger partial charge in [0.1, 0.15) is 12.2 Å². The third-order valence-corrected chi connectivity index (χ3v) is 5.94. The van der Waals surface area contributed by atoms with Crippen LogP contribution in [-0.4, -0.2) is 33.4 Å². The number of aryl methyl sites for hydroxylation is 1. The quantitative estimate of drug-likeness (QED) is 0.459. The van der Waals surface area contributed by atoms with E-state index in [2.05, 4.69) is 17.1 Å². The van der Waals surface area contributed by atoms with Gasteiger partial charge in [-0.2, -0.15) is 10.5 Å². The lowest BCUT2D eigenvalue weighted by atomic mass is 9.88. The summed E-state index contributed by atoms with van der Waals surface area (Å²) in [6.45, 7) is 9.14. The molecular weight excluding hydrogens is 468 g/mol. The molecule has 0 saturated heterocycles. The number of rotatable bonds is 7. The standard InChI is InChI=1S/C29H30N4O4/c1-20-26(36-19-23-8-6-7-22(13-23)15-31)25(18-34)24(16-32-20)17-33(27(35)37-28(2,3)4)29(5)11-9-21(14-30)10-12-29/h6-11,13,16,18H,12,17,19H2,1-5H3. The number of aldehydes is 1. The Balaban J connectivity index is 1.97. The molecule has 0 fully saturated rings. The van der Waals surface area contributed by atoms with Crippen LogP contribution in [0.1, 0.15) is 66.9 Å². The van der Waals surface area contributed by atoms with Crippen LogP contribution in [-0.2, 0) is 17.9 Å². The van der Waals surface area contributed by atoms with Gasteiger partial charge in [-0.15, -0.1) is 0 Å². The Hall–Kier alpha value is -4.43. The van der Waals surface area contributed by atoms with Crippen LogP contribution in [0.3, 0.4) is 0 Å². The number of carbonyl (C=O) groups excluding carboxylic acids is 2. The molecule has 3 rings (SSSR count). The number of allylic oxidation sites excluding steroid dienone is 2. The number of amides is 1. The maximum atomic E-state index is 13.4. The van der Waals surface area contributed by atoms with Crippen molar-refractivity contribution in [3.63, 3.8) is 0 Å². The molecule has 0 aliphatic heterocycles. The summed E-state index contributed by atoms with van der Waals surface area (Å²) in [5.41, 5.74) is 1.58. The van der Waals surface area contributed by atoms with Crippen LogP contribution in [0.2, 0.25) is 0 Å². The highest BCUT2D eigenvalue weighted by atomic mass is 16.6. The lowest BCUT2D eigenvalue weighted by molar-refractivity contribution is 0.00552. The molecule has 1 aromatic heterocycles. The topological polar surface area (TPSA) is 116 Å². The average Bonchev–Trinajstić information content (AvgIpc) is 2.86. The van der Waals surface area contributed by atoms with E-state index in [1.165, 1.54) is 0 Å². The van der Waals surface area contributed by atoms with Crippen LogP contribution in [0.15, 0.2) is 54.3 Å². The third kappa shape index (κ3) is 6.62. The molecule has 37 heavy (non-hydrogen) atoms. The van der Waals surface area contributed by atoms with Crippen molar-refractivity contribution in [2.45, 2.75) is 65.3 Å². The number of aromatic nitrogens is 1. The minimum atomic E-state index is -0.799. The summed E-state index contributed by atoms with van der Waals surface area (Å²) >= 11 is 0. The Morgan fingerprint density at radius 2 is 2.03 bits per heavy atom. The molecule has 1 atom stereocenters. The molecule has 8 nitrogen and oxygen atoms in total. The van der Waals surface area contributed by atoms with Crippen LogP contribution in [0.5, 0.6) is 5.75 Å². The molecule has 1 heterocycles. The van der Waals surface area contributed by atoms with Crippen molar-refractivity contribution in [1.29, 1.82) is 10.5 Å². The number of ether oxygens (including phenoxy) is 2. The Bertz CT molecular complexity index is 1340. The number of hydrogen-bond acceptors (Lipinski definition) is 7. The Morgan fingerprint density at radius 1 is 1.27 bits per heavy atom. The van der Waals surface area contributed by atoms with Gasteiger partial charge in [0, 0.05) is 17.3 Å². The zero-order chi connectivity index (χ0) is 27.2. The second-order valence-electron chi connectivity index (χ2n) is 10.1. The van der Waals surface area contributed by atoms with Crippen LogP contribution >= 0.6 is 0 Å². The van der Waals surface area contributed by atoms with Crippen molar-refractivity contribution in [1.82, 2.24) is 9.88 Å². The molecule has 1 aliphatic carbocycles. The first kappa shape index (κ1) is 27.2. The van der Waals surface area contributed by atoms with Gasteiger partial charge in [-0.05, 0) is 64.8 Å². The zero-order valence-corrected chi connectivity index (χ0v) is 21.7. The second kappa shape index (κ2) is 11.1. The van der Waals surface area contributed by atoms with E-state index >= 15 is 0 Å². The fourth-order valence-electron chi connectivity index (χ4n) is 3.91. The fraction of sp³-hybridized carbons (Fsp3) is 0.345. The molecule has 1 aromatic carbocycles. The summed E-state index contributed by atoms with van der Waals surface area (Å²) in [4.78, 5) is 31.6. The van der Waals surface area contributed by atoms with Gasteiger partial charge in [-0.25, -0.2) is 4.79 Å². The summed E-state index contributed by atoms with van der Waals surface area (Å²) in [6.07, 6.45) is 7.37. The first-order valence-electron chi connectivity index (χ1n) is 11.9. The van der Waals surface area contributed by atoms with Crippen molar-refractivity contribution < 1.29 is 19.1 Å². The van der Waals surface area contributed by atoms with Crippen molar-refractivity contribution in [3.8, 4) is 17.9 Å². The molecular formula is C29H30N4O4. The van der Waals surface area contributed by atoms with Gasteiger partial charge in [0.15, 0.2) is 12.0 Å². The van der Waals surface area contributed by atoms with E-state index in [1.807, 2.05) is 13.0 Å². The number of hydrogen-bond donors (Lipinski definition) is 0. The maximum absolute atomic E-state index is 13.4. The summed E-state index contributed by atoms with van der Waals surface area (Å²) in [7, 11) is 0. The Labute approximate surface area is 217 Å². The fourth-order valence-corrected chi connectivity index (χ4v) is 3.91. The predicted molar refractivity (Wildman–Crippen MR) is 137 cm³/mol. The predicted octanol–water partition coefficient (Wildman–Crippen LogP) is 5.56. The smallest absolute Gasteiger partial charge is 0.411 e. The van der Waals surface area contributed by atoms with E-state index in [0.29, 0.717) is 40.9 Å². The summed E-state index contributed by atoms with van der Waals surface area (Å²) < 4.78 is 11.7. The molecule has 0 radical (unpaired) electrons. The van der Waals surface area contributed by atoms with E-state index < -0.39 is 17.2 Å². The summed E-state index contributed by atoms with van der Waals surface area (Å²) in [5.74, 6) is 0.315. The molecule has 0 bridgehead atoms. The van der Waals surface area contributed by atoms with Gasteiger partial charge in [0.25, 0.3) is 0 Å². The van der Waals surface area contributed by atoms with Gasteiger partial charge in [-0.1, -0.05) is 24.3 Å². The molecule has 2 aromatic rings. The van der Waals surface area contributed by atoms with Crippen LogP contribution in [0.25, 0.3) is 0 Å². The first-order chi connectivity index (χ1) is 17.5. The highest BCUT2D eigenvalue weighted by Gasteiger charge is 2.37. The van der Waals surface area contributed by atoms with Gasteiger partial charge in [-0.3, -0.25) is 14.7 Å². The van der Waals surface area contributed by atoms with Crippen LogP contribution in [0.4, 0.5) is 4.79 Å². The zero-order valence-electron chi connectivity index (χ0n) is 21.7. The average molecular weight is 499 g/mol. The van der Waals surface area contributed by atoms with Crippen molar-refractivity contribution in [2.24, 2.45) is 0 Å². The second-order valence-corrected chi connectivity index (χ2v) is 10.1. The number of nitriles is 2. The highest BCUT2D eigenvalue weighted by Crippen LogP contribution is 2.33. The Morgan fingerprint density at radius 3 is 2.62 bits per heavy atom. The minimum Gasteiger partial charge on any atom is -0.486 e. The van der Waals surface area contributed by atoms with Crippen molar-refractivity contribution >= 4 is 12.4 Å². The van der Waals surface area contributed by atoms with Gasteiger partial charge in [0.2, 0.25) is 0 Å². The molecule has 0 spiro atoms. The largest absolute Gasteiger partial charge is 0.486 e. The van der Waals surface area contributed by atoms with Gasteiger partial charge >= 0.3 is 6.09 Å². The Kier molecular flexibility index (Phi) is 8.14. The monoisotopic (exact) mass is 498 g/mol. The first-order valence-corrected chi connectivity index (χ1v) is 11.9. The molecule has 190 valence electrons. The van der Waals surface area contributed by atoms with Crippen LogP contribution in [0, 0.1) is 29.6 Å². The summed E-state index contributed by atoms with van der Waals surface area (Å²) in [6, 6.07) is 11.2. The highest BCUT2D eigenvalue weighted by molar-refractivity contribution is 5.82. The molecule has 0 N–H and O–H groups in total. The molecule has 1 aliphatic rings. The maximum Gasteiger partial charge on any atom is 0.411 e. The van der Waals surface area contributed by atoms with E-state index in [-0.39, 0.29) is 18.7 Å². The lowest BCUT2D eigenvalue weighted by Gasteiger charge is -2.40. The molecule has 1 unspecified atom stereocenters. The number of nitrogens with zero attached hydrogens (tertiary/aromatic N) is 4. The number of carbonyl (C=O) groups is 2. The third-order valence-electron chi connectivity index (χ3n) is 5.94. The van der Waals surface area contributed by atoms with Crippen LogP contribution < -0.4 is 4.74 Å². The summed E-state index contributed by atoms with van der Waals surface area (Å²) in [5, 5.41) is 18.4. The molecule has 0 saturated carbocycles.